The van der Waals surface area contributed by atoms with E-state index in [1.54, 1.807) is 0 Å². The Bertz CT molecular complexity index is 514. The first-order chi connectivity index (χ1) is 11.2. The molecule has 0 aromatic heterocycles. The number of carbonyl (C=O) groups excluding carboxylic acids is 1. The van der Waals surface area contributed by atoms with E-state index < -0.39 is 6.04 Å². The summed E-state index contributed by atoms with van der Waals surface area (Å²) in [5.41, 5.74) is 14.0. The summed E-state index contributed by atoms with van der Waals surface area (Å²) in [6, 6.07) is 5.77. The lowest BCUT2D eigenvalue weighted by Crippen LogP contribution is -2.42. The number of carbonyl (C=O) groups is 1. The lowest BCUT2D eigenvalue weighted by Gasteiger charge is -2.16. The lowest BCUT2D eigenvalue weighted by atomic mass is 10.1. The van der Waals surface area contributed by atoms with Gasteiger partial charge in [0.15, 0.2) is 0 Å². The van der Waals surface area contributed by atoms with Crippen molar-refractivity contribution in [2.45, 2.75) is 36.8 Å². The zero-order chi connectivity index (χ0) is 16.5. The predicted octanol–water partition coefficient (Wildman–Crippen LogP) is 2.03. The molecule has 0 fully saturated rings. The highest BCUT2D eigenvalue weighted by molar-refractivity contribution is 8.76. The Morgan fingerprint density at radius 1 is 1.26 bits per heavy atom. The van der Waals surface area contributed by atoms with E-state index in [0.717, 1.165) is 30.1 Å². The summed E-state index contributed by atoms with van der Waals surface area (Å²) in [7, 11) is 3.76. The standard InChI is InChI=1S/C16H25N3O2S2/c17-6-2-1-3-15(18)16(20)19-7-8-21-14-5-4-12-10-22-23-11-13(12)9-14/h4-5,9,15H,1-3,6-8,10-11,17-18H2,(H,19,20)/t15-/m0/s1. The van der Waals surface area contributed by atoms with Crippen LogP contribution in [0.1, 0.15) is 30.4 Å². The predicted molar refractivity (Wildman–Crippen MR) is 98.4 cm³/mol. The minimum atomic E-state index is -0.459. The quantitative estimate of drug-likeness (QED) is 0.464. The monoisotopic (exact) mass is 355 g/mol. The van der Waals surface area contributed by atoms with Gasteiger partial charge in [-0.05, 0) is 42.6 Å². The van der Waals surface area contributed by atoms with Crippen LogP contribution in [0.25, 0.3) is 0 Å². The Balaban J connectivity index is 1.66. The molecule has 1 heterocycles. The van der Waals surface area contributed by atoms with E-state index >= 15 is 0 Å². The molecule has 1 atom stereocenters. The molecule has 23 heavy (non-hydrogen) atoms. The molecule has 0 unspecified atom stereocenters. The van der Waals surface area contributed by atoms with Gasteiger partial charge in [0.05, 0.1) is 12.6 Å². The SMILES string of the molecule is NCCCC[C@H](N)C(=O)NCCOc1ccc2c(c1)CSSC2. The van der Waals surface area contributed by atoms with Gasteiger partial charge in [0.2, 0.25) is 5.91 Å². The molecule has 0 spiro atoms. The molecular formula is C16H25N3O2S2. The van der Waals surface area contributed by atoms with Gasteiger partial charge in [-0.25, -0.2) is 0 Å². The van der Waals surface area contributed by atoms with Crippen LogP contribution in [0.4, 0.5) is 0 Å². The molecule has 1 aromatic carbocycles. The second-order valence-electron chi connectivity index (χ2n) is 5.49. The van der Waals surface area contributed by atoms with E-state index in [0.29, 0.717) is 26.1 Å². The maximum absolute atomic E-state index is 11.8. The average molecular weight is 356 g/mol. The van der Waals surface area contributed by atoms with Gasteiger partial charge in [0.25, 0.3) is 0 Å². The number of nitrogens with two attached hydrogens (primary N) is 2. The van der Waals surface area contributed by atoms with E-state index in [4.69, 9.17) is 16.2 Å². The highest BCUT2D eigenvalue weighted by Crippen LogP contribution is 2.38. The number of hydrogen-bond donors (Lipinski definition) is 3. The van der Waals surface area contributed by atoms with Crippen molar-refractivity contribution in [3.63, 3.8) is 0 Å². The molecule has 1 aromatic rings. The van der Waals surface area contributed by atoms with Crippen LogP contribution >= 0.6 is 21.6 Å². The molecule has 7 heteroatoms. The maximum atomic E-state index is 11.8. The van der Waals surface area contributed by atoms with Gasteiger partial charge in [-0.3, -0.25) is 4.79 Å². The summed E-state index contributed by atoms with van der Waals surface area (Å²) < 4.78 is 5.71. The molecular weight excluding hydrogens is 330 g/mol. The first-order valence-electron chi connectivity index (χ1n) is 7.93. The summed E-state index contributed by atoms with van der Waals surface area (Å²) in [5.74, 6) is 2.81. The molecule has 5 N–H and O–H groups in total. The van der Waals surface area contributed by atoms with Crippen molar-refractivity contribution in [2.24, 2.45) is 11.5 Å². The Labute approximate surface area is 145 Å². The molecule has 0 aliphatic carbocycles. The fourth-order valence-corrected chi connectivity index (χ4v) is 4.52. The lowest BCUT2D eigenvalue weighted by molar-refractivity contribution is -0.122. The van der Waals surface area contributed by atoms with Crippen molar-refractivity contribution in [1.82, 2.24) is 5.32 Å². The van der Waals surface area contributed by atoms with Gasteiger partial charge in [-0.2, -0.15) is 0 Å². The Hall–Kier alpha value is -0.890. The van der Waals surface area contributed by atoms with E-state index in [1.165, 1.54) is 11.1 Å². The number of ether oxygens (including phenoxy) is 1. The van der Waals surface area contributed by atoms with Crippen molar-refractivity contribution in [3.05, 3.63) is 29.3 Å². The molecule has 1 amide bonds. The van der Waals surface area contributed by atoms with E-state index in [1.807, 2.05) is 27.7 Å². The minimum absolute atomic E-state index is 0.121. The largest absolute Gasteiger partial charge is 0.492 e. The van der Waals surface area contributed by atoms with Gasteiger partial charge in [0, 0.05) is 11.5 Å². The summed E-state index contributed by atoms with van der Waals surface area (Å²) in [6.45, 7) is 1.55. The Morgan fingerprint density at radius 3 is 2.83 bits per heavy atom. The van der Waals surface area contributed by atoms with Crippen molar-refractivity contribution in [2.75, 3.05) is 19.7 Å². The second-order valence-corrected chi connectivity index (χ2v) is 7.95. The molecule has 1 aliphatic heterocycles. The first kappa shape index (κ1) is 18.4. The highest BCUT2D eigenvalue weighted by atomic mass is 33.1. The molecule has 0 saturated heterocycles. The first-order valence-corrected chi connectivity index (χ1v) is 10.4. The molecule has 0 bridgehead atoms. The molecule has 0 radical (unpaired) electrons. The molecule has 1 aliphatic rings. The van der Waals surface area contributed by atoms with Gasteiger partial charge in [0.1, 0.15) is 12.4 Å². The van der Waals surface area contributed by atoms with E-state index in [9.17, 15) is 4.79 Å². The van der Waals surface area contributed by atoms with Crippen LogP contribution in [-0.4, -0.2) is 31.6 Å². The molecule has 0 saturated carbocycles. The third kappa shape index (κ3) is 6.25. The van der Waals surface area contributed by atoms with Crippen molar-refractivity contribution < 1.29 is 9.53 Å². The van der Waals surface area contributed by atoms with Crippen LogP contribution in [0.2, 0.25) is 0 Å². The van der Waals surface area contributed by atoms with Gasteiger partial charge in [-0.1, -0.05) is 34.1 Å². The minimum Gasteiger partial charge on any atom is -0.492 e. The number of fused-ring (bicyclic) bond motifs is 1. The molecule has 128 valence electrons. The smallest absolute Gasteiger partial charge is 0.237 e. The van der Waals surface area contributed by atoms with Crippen LogP contribution in [0.15, 0.2) is 18.2 Å². The second kappa shape index (κ2) is 10.1. The fourth-order valence-electron chi connectivity index (χ4n) is 2.29. The maximum Gasteiger partial charge on any atom is 0.237 e. The Morgan fingerprint density at radius 2 is 2.04 bits per heavy atom. The average Bonchev–Trinajstić information content (AvgIpc) is 2.58. The van der Waals surface area contributed by atoms with E-state index in [-0.39, 0.29) is 5.91 Å². The van der Waals surface area contributed by atoms with Crippen LogP contribution in [0, 0.1) is 0 Å². The summed E-state index contributed by atoms with van der Waals surface area (Å²) in [5, 5.41) is 2.81. The van der Waals surface area contributed by atoms with Crippen LogP contribution in [-0.2, 0) is 16.3 Å². The normalized spacial score (nSPS) is 14.9. The Kier molecular flexibility index (Phi) is 8.08. The topological polar surface area (TPSA) is 90.4 Å². The number of unbranched alkanes of at least 4 members (excludes halogenated alkanes) is 1. The number of amides is 1. The van der Waals surface area contributed by atoms with Gasteiger partial charge >= 0.3 is 0 Å². The number of hydrogen-bond acceptors (Lipinski definition) is 6. The van der Waals surface area contributed by atoms with Crippen LogP contribution in [0.5, 0.6) is 5.75 Å². The van der Waals surface area contributed by atoms with Crippen molar-refractivity contribution in [3.8, 4) is 5.75 Å². The fraction of sp³-hybridized carbons (Fsp3) is 0.562. The van der Waals surface area contributed by atoms with Crippen molar-refractivity contribution >= 4 is 27.5 Å². The van der Waals surface area contributed by atoms with Crippen LogP contribution < -0.4 is 21.5 Å². The van der Waals surface area contributed by atoms with Crippen molar-refractivity contribution in [1.29, 1.82) is 0 Å². The van der Waals surface area contributed by atoms with Crippen LogP contribution in [0.3, 0.4) is 0 Å². The van der Waals surface area contributed by atoms with Gasteiger partial charge < -0.3 is 21.5 Å². The zero-order valence-electron chi connectivity index (χ0n) is 13.3. The molecule has 5 nitrogen and oxygen atoms in total. The molecule has 2 rings (SSSR count). The number of rotatable bonds is 9. The van der Waals surface area contributed by atoms with Gasteiger partial charge in [-0.15, -0.1) is 0 Å². The summed E-state index contributed by atoms with van der Waals surface area (Å²) in [4.78, 5) is 11.8. The third-order valence-corrected chi connectivity index (χ3v) is 5.90. The summed E-state index contributed by atoms with van der Waals surface area (Å²) >= 11 is 0. The third-order valence-electron chi connectivity index (χ3n) is 3.67. The zero-order valence-corrected chi connectivity index (χ0v) is 14.9. The number of nitrogens with one attached hydrogen (secondary N) is 1. The number of benzene rings is 1. The highest BCUT2D eigenvalue weighted by Gasteiger charge is 2.13. The summed E-state index contributed by atoms with van der Waals surface area (Å²) in [6.07, 6.45) is 2.45. The van der Waals surface area contributed by atoms with E-state index in [2.05, 4.69) is 17.4 Å².